The van der Waals surface area contributed by atoms with Crippen molar-refractivity contribution in [2.75, 3.05) is 13.1 Å². The maximum Gasteiger partial charge on any atom is 0.257 e. The summed E-state index contributed by atoms with van der Waals surface area (Å²) < 4.78 is 18.6. The Bertz CT molecular complexity index is 4340. The first-order valence-corrected chi connectivity index (χ1v) is 40.1. The molecule has 0 spiro atoms. The van der Waals surface area contributed by atoms with E-state index in [1.807, 2.05) is 24.3 Å². The Labute approximate surface area is 673 Å². The summed E-state index contributed by atoms with van der Waals surface area (Å²) in [4.78, 5) is 27.0. The minimum atomic E-state index is -0.662. The second-order valence-electron chi connectivity index (χ2n) is 35.1. The van der Waals surface area contributed by atoms with E-state index >= 15 is 0 Å². The van der Waals surface area contributed by atoms with Gasteiger partial charge in [-0.15, -0.1) is 10.2 Å². The van der Waals surface area contributed by atoms with Crippen molar-refractivity contribution in [2.45, 2.75) is 207 Å². The number of benzene rings is 8. The third kappa shape index (κ3) is 18.4. The highest BCUT2D eigenvalue weighted by Gasteiger charge is 2.42. The molecule has 11 rings (SSSR count). The van der Waals surface area contributed by atoms with E-state index in [1.165, 1.54) is 72.8 Å². The number of nitrogens with one attached hydrogen (secondary N) is 2. The van der Waals surface area contributed by atoms with Crippen molar-refractivity contribution in [3.05, 3.63) is 326 Å². The summed E-state index contributed by atoms with van der Waals surface area (Å²) in [5.74, 6) is 0.440. The topological polar surface area (TPSA) is 165 Å². The maximum atomic E-state index is 13.5. The van der Waals surface area contributed by atoms with Gasteiger partial charge in [-0.3, -0.25) is 9.59 Å². The summed E-state index contributed by atoms with van der Waals surface area (Å²) in [6, 6.07) is 73.4. The van der Waals surface area contributed by atoms with Gasteiger partial charge in [-0.1, -0.05) is 305 Å². The number of carbonyl (C=O) groups excluding carboxylic acids is 2. The van der Waals surface area contributed by atoms with E-state index in [-0.39, 0.29) is 69.9 Å². The van der Waals surface area contributed by atoms with Crippen molar-refractivity contribution in [1.29, 1.82) is 0 Å². The average molecular weight is 1680 g/mol. The number of aryl methyl sites for hydroxylation is 2. The molecule has 2 N–H and O–H groups in total. The molecule has 16 heteroatoms. The molecule has 0 aliphatic carbocycles. The SMILES string of the molecule is CC(C)(C)c1ccc(C(c2ccc(OCc3nnn(CCCNC(=O)c4cc(C(=O)NCCCn5nnc(COc6ccc(C(c7ccc(C(C)(C)C)cc7)(c7ccc(C(C)(C)C)cc7)c7ccc(C(C)(C)C)cc7)cc6)c5I)c[n+]([O-])c4)c3I)cc2)(c2ccc(C(C)(C)C)cc2)c2ccc(C(C)(C)C)cc2)cc1. The lowest BCUT2D eigenvalue weighted by molar-refractivity contribution is -0.605. The van der Waals surface area contributed by atoms with E-state index < -0.39 is 22.6 Å². The third-order valence-corrected chi connectivity index (χ3v) is 23.3. The standard InChI is InChI=1S/C93H107I2N9O5/c1-86(2,3)64-21-33-70(34-22-64)92(71-35-23-65(24-36-71)87(4,5)6,72-37-25-66(26-38-72)88(7,8)9)76-45-49-78(50-46-76)108-60-80-82(94)103(100-98-80)55-19-53-96-84(105)62-57-63(59-102(107)58-62)85(106)97-54-20-56-104-83(95)81(99-101-104)61-109-79-51-47-77(48-52-79)93(73-39-27-67(28-40-73)89(10,11)12,74-41-29-68(30-42-74)90(13,14)15)75-43-31-69(32-44-75)91(16,17)18/h21-52,57-59H,19-20,53-56,60-61H2,1-18H3,(H,96,105)(H,97,106). The van der Waals surface area contributed by atoms with Gasteiger partial charge in [-0.25, -0.2) is 9.36 Å². The molecule has 2 amide bonds. The van der Waals surface area contributed by atoms with Crippen LogP contribution in [0.3, 0.4) is 0 Å². The fraction of sp³-hybridized carbons (Fsp3) is 0.366. The van der Waals surface area contributed by atoms with Crippen LogP contribution in [0.25, 0.3) is 0 Å². The zero-order valence-corrected chi connectivity index (χ0v) is 71.1. The largest absolute Gasteiger partial charge is 0.619 e. The Morgan fingerprint density at radius 3 is 0.789 bits per heavy atom. The molecule has 568 valence electrons. The molecule has 0 radical (unpaired) electrons. The highest BCUT2D eigenvalue weighted by Crippen LogP contribution is 2.49. The molecule has 0 saturated carbocycles. The number of pyridine rings is 1. The summed E-state index contributed by atoms with van der Waals surface area (Å²) in [6.45, 7) is 42.4. The lowest BCUT2D eigenvalue weighted by Crippen LogP contribution is -2.34. The molecule has 0 aliphatic heterocycles. The van der Waals surface area contributed by atoms with Gasteiger partial charge in [-0.05, 0) is 199 Å². The van der Waals surface area contributed by atoms with Crippen LogP contribution in [0.15, 0.2) is 213 Å². The Morgan fingerprint density at radius 1 is 0.358 bits per heavy atom. The van der Waals surface area contributed by atoms with Crippen LogP contribution in [0.4, 0.5) is 0 Å². The number of halogens is 2. The molecule has 0 fully saturated rings. The molecule has 0 aliphatic rings. The number of aromatic nitrogens is 7. The van der Waals surface area contributed by atoms with Crippen LogP contribution < -0.4 is 24.8 Å². The molecule has 0 unspecified atom stereocenters. The molecule has 8 aromatic carbocycles. The van der Waals surface area contributed by atoms with Crippen LogP contribution in [0.1, 0.15) is 247 Å². The summed E-state index contributed by atoms with van der Waals surface area (Å²) in [6.07, 6.45) is 3.37. The summed E-state index contributed by atoms with van der Waals surface area (Å²) in [7, 11) is 0. The highest BCUT2D eigenvalue weighted by atomic mass is 127. The van der Waals surface area contributed by atoms with E-state index in [2.05, 4.69) is 371 Å². The number of hydrogen-bond donors (Lipinski definition) is 2. The Hall–Kier alpha value is -9.01. The van der Waals surface area contributed by atoms with Gasteiger partial charge in [0.15, 0.2) is 12.4 Å². The maximum absolute atomic E-state index is 13.5. The van der Waals surface area contributed by atoms with E-state index in [4.69, 9.17) is 9.47 Å². The second-order valence-corrected chi connectivity index (χ2v) is 37.1. The molecule has 0 atom stereocenters. The Kier molecular flexibility index (Phi) is 24.2. The molecule has 14 nitrogen and oxygen atoms in total. The third-order valence-electron chi connectivity index (χ3n) is 20.9. The molecular formula is C93H107I2N9O5. The van der Waals surface area contributed by atoms with Crippen molar-refractivity contribution in [1.82, 2.24) is 40.6 Å². The van der Waals surface area contributed by atoms with Gasteiger partial charge >= 0.3 is 0 Å². The number of hydrogen-bond acceptors (Lipinski definition) is 9. The molecule has 0 saturated heterocycles. The molecular weight excluding hydrogens is 1580 g/mol. The molecule has 3 aromatic heterocycles. The van der Waals surface area contributed by atoms with Gasteiger partial charge in [-0.2, -0.15) is 4.73 Å². The second kappa shape index (κ2) is 32.5. The van der Waals surface area contributed by atoms with Gasteiger partial charge in [0, 0.05) is 26.2 Å². The number of amides is 2. The van der Waals surface area contributed by atoms with E-state index in [1.54, 1.807) is 9.36 Å². The van der Waals surface area contributed by atoms with Gasteiger partial charge in [0.1, 0.15) is 54.6 Å². The Balaban J connectivity index is 0.683. The van der Waals surface area contributed by atoms with Crippen LogP contribution in [0, 0.1) is 12.6 Å². The lowest BCUT2D eigenvalue weighted by atomic mass is 9.64. The Morgan fingerprint density at radius 2 is 0.569 bits per heavy atom. The van der Waals surface area contributed by atoms with Crippen molar-refractivity contribution >= 4 is 57.0 Å². The number of nitrogens with zero attached hydrogens (tertiary/aromatic N) is 7. The quantitative estimate of drug-likeness (QED) is 0.0197. The fourth-order valence-corrected chi connectivity index (χ4v) is 15.4. The zero-order valence-electron chi connectivity index (χ0n) is 66.8. The first-order chi connectivity index (χ1) is 51.3. The number of rotatable bonds is 24. The first kappa shape index (κ1) is 81.0. The predicted molar refractivity (Wildman–Crippen MR) is 455 cm³/mol. The first-order valence-electron chi connectivity index (χ1n) is 37.9. The summed E-state index contributed by atoms with van der Waals surface area (Å²) >= 11 is 4.48. The van der Waals surface area contributed by atoms with Gasteiger partial charge < -0.3 is 25.3 Å². The normalized spacial score (nSPS) is 12.6. The van der Waals surface area contributed by atoms with Crippen LogP contribution in [0.5, 0.6) is 11.5 Å². The van der Waals surface area contributed by atoms with Crippen molar-refractivity contribution in [2.24, 2.45) is 0 Å². The minimum Gasteiger partial charge on any atom is -0.619 e. The summed E-state index contributed by atoms with van der Waals surface area (Å²) in [5, 5.41) is 36.5. The predicted octanol–water partition coefficient (Wildman–Crippen LogP) is 20.1. The average Bonchev–Trinajstić information content (AvgIpc) is 1.13. The van der Waals surface area contributed by atoms with E-state index in [0.717, 1.165) is 30.9 Å². The van der Waals surface area contributed by atoms with Crippen LogP contribution in [-0.4, -0.2) is 54.9 Å². The molecule has 3 heterocycles. The van der Waals surface area contributed by atoms with E-state index in [0.29, 0.717) is 53.5 Å². The minimum absolute atomic E-state index is 0.0107. The van der Waals surface area contributed by atoms with Gasteiger partial charge in [0.05, 0.1) is 10.8 Å². The molecule has 0 bridgehead atoms. The van der Waals surface area contributed by atoms with Crippen LogP contribution >= 0.6 is 45.2 Å². The van der Waals surface area contributed by atoms with Gasteiger partial charge in [0.25, 0.3) is 11.8 Å². The summed E-state index contributed by atoms with van der Waals surface area (Å²) in [5.41, 5.74) is 17.0. The highest BCUT2D eigenvalue weighted by molar-refractivity contribution is 14.1. The molecule has 109 heavy (non-hydrogen) atoms. The number of ether oxygens (including phenoxy) is 2. The zero-order chi connectivity index (χ0) is 78.7. The van der Waals surface area contributed by atoms with Gasteiger partial charge in [0.2, 0.25) is 0 Å². The molecule has 11 aromatic rings. The van der Waals surface area contributed by atoms with Crippen LogP contribution in [-0.2, 0) is 69.6 Å². The van der Waals surface area contributed by atoms with Crippen LogP contribution in [0.2, 0.25) is 0 Å². The van der Waals surface area contributed by atoms with Crippen molar-refractivity contribution in [3.8, 4) is 11.5 Å². The smallest absolute Gasteiger partial charge is 0.257 e. The lowest BCUT2D eigenvalue weighted by Gasteiger charge is -2.38. The van der Waals surface area contributed by atoms with Crippen molar-refractivity contribution in [3.63, 3.8) is 0 Å². The van der Waals surface area contributed by atoms with Crippen molar-refractivity contribution < 1.29 is 23.8 Å². The fourth-order valence-electron chi connectivity index (χ4n) is 14.2. The van der Waals surface area contributed by atoms with E-state index in [9.17, 15) is 14.8 Å². The number of carbonyl (C=O) groups is 2. The monoisotopic (exact) mass is 1680 g/mol.